The second-order valence-corrected chi connectivity index (χ2v) is 6.29. The van der Waals surface area contributed by atoms with E-state index in [1.807, 2.05) is 13.8 Å². The molecule has 0 fully saturated rings. The number of aliphatic carboxylic acids is 1. The summed E-state index contributed by atoms with van der Waals surface area (Å²) >= 11 is 0. The summed E-state index contributed by atoms with van der Waals surface area (Å²) in [6.07, 6.45) is 0.732. The van der Waals surface area contributed by atoms with Crippen LogP contribution in [-0.4, -0.2) is 38.5 Å². The molecular formula is C17H22N4O4. The first-order chi connectivity index (χ1) is 11.9. The van der Waals surface area contributed by atoms with E-state index in [-0.39, 0.29) is 30.3 Å². The fraction of sp³-hybridized carbons (Fsp3) is 0.471. The van der Waals surface area contributed by atoms with Crippen LogP contribution >= 0.6 is 0 Å². The monoisotopic (exact) mass is 346 g/mol. The average Bonchev–Trinajstić information content (AvgIpc) is 2.57. The van der Waals surface area contributed by atoms with E-state index in [1.54, 1.807) is 24.3 Å². The zero-order valence-corrected chi connectivity index (χ0v) is 14.3. The molecule has 1 atom stereocenters. The van der Waals surface area contributed by atoms with Crippen molar-refractivity contribution >= 4 is 22.8 Å². The van der Waals surface area contributed by atoms with E-state index < -0.39 is 12.0 Å². The number of hydrogen-bond acceptors (Lipinski definition) is 5. The fourth-order valence-corrected chi connectivity index (χ4v) is 2.54. The van der Waals surface area contributed by atoms with E-state index in [2.05, 4.69) is 15.6 Å². The highest BCUT2D eigenvalue weighted by Gasteiger charge is 2.24. The Balaban J connectivity index is 2.25. The third-order valence-electron chi connectivity index (χ3n) is 3.75. The molecule has 1 aromatic carbocycles. The normalized spacial score (nSPS) is 12.3. The number of carboxylic acids is 1. The molecule has 0 aliphatic carbocycles. The van der Waals surface area contributed by atoms with E-state index >= 15 is 0 Å². The van der Waals surface area contributed by atoms with Gasteiger partial charge in [-0.2, -0.15) is 4.68 Å². The smallest absolute Gasteiger partial charge is 0.303 e. The van der Waals surface area contributed by atoms with Crippen molar-refractivity contribution in [3.8, 4) is 0 Å². The lowest BCUT2D eigenvalue weighted by Gasteiger charge is -2.19. The van der Waals surface area contributed by atoms with Crippen LogP contribution in [0.1, 0.15) is 39.2 Å². The van der Waals surface area contributed by atoms with Crippen LogP contribution < -0.4 is 10.9 Å². The first-order valence-electron chi connectivity index (χ1n) is 8.24. The lowest BCUT2D eigenvalue weighted by molar-refractivity contribution is -0.137. The van der Waals surface area contributed by atoms with Crippen LogP contribution in [0.2, 0.25) is 0 Å². The van der Waals surface area contributed by atoms with E-state index in [4.69, 9.17) is 5.11 Å². The highest BCUT2D eigenvalue weighted by molar-refractivity contribution is 5.81. The molecule has 2 N–H and O–H groups in total. The summed E-state index contributed by atoms with van der Waals surface area (Å²) in [5, 5.41) is 19.7. The van der Waals surface area contributed by atoms with Crippen molar-refractivity contribution in [1.29, 1.82) is 0 Å². The first-order valence-corrected chi connectivity index (χ1v) is 8.24. The summed E-state index contributed by atoms with van der Waals surface area (Å²) in [5.74, 6) is -1.11. The summed E-state index contributed by atoms with van der Waals surface area (Å²) in [6, 6.07) is 6.06. The van der Waals surface area contributed by atoms with E-state index in [0.717, 1.165) is 4.68 Å². The van der Waals surface area contributed by atoms with Crippen molar-refractivity contribution in [2.45, 2.75) is 39.2 Å². The van der Waals surface area contributed by atoms with Crippen LogP contribution in [0.25, 0.3) is 10.9 Å². The topological polar surface area (TPSA) is 114 Å². The Kier molecular flexibility index (Phi) is 6.21. The van der Waals surface area contributed by atoms with Gasteiger partial charge in [0.2, 0.25) is 5.91 Å². The molecule has 0 aliphatic heterocycles. The van der Waals surface area contributed by atoms with Gasteiger partial charge in [-0.05, 0) is 30.9 Å². The lowest BCUT2D eigenvalue weighted by atomic mass is 10.0. The second kappa shape index (κ2) is 8.36. The SMILES string of the molecule is CC(C)C[C@H](C(=O)NCCCC(=O)O)n1nnc2ccccc2c1=O. The number of nitrogens with one attached hydrogen (secondary N) is 1. The van der Waals surface area contributed by atoms with Crippen molar-refractivity contribution in [2.75, 3.05) is 6.54 Å². The molecule has 8 heteroatoms. The minimum atomic E-state index is -0.912. The summed E-state index contributed by atoms with van der Waals surface area (Å²) in [5.41, 5.74) is 0.117. The van der Waals surface area contributed by atoms with E-state index in [0.29, 0.717) is 23.7 Å². The van der Waals surface area contributed by atoms with Crippen LogP contribution in [0.3, 0.4) is 0 Å². The van der Waals surface area contributed by atoms with Crippen LogP contribution in [0.4, 0.5) is 0 Å². The van der Waals surface area contributed by atoms with Gasteiger partial charge in [0.05, 0.1) is 5.39 Å². The second-order valence-electron chi connectivity index (χ2n) is 6.29. The van der Waals surface area contributed by atoms with Crippen LogP contribution in [0.15, 0.2) is 29.1 Å². The highest BCUT2D eigenvalue weighted by atomic mass is 16.4. The van der Waals surface area contributed by atoms with Gasteiger partial charge in [0.15, 0.2) is 0 Å². The Labute approximate surface area is 144 Å². The van der Waals surface area contributed by atoms with Gasteiger partial charge >= 0.3 is 5.97 Å². The molecule has 0 saturated heterocycles. The van der Waals surface area contributed by atoms with E-state index in [1.165, 1.54) is 0 Å². The Hall–Kier alpha value is -2.77. The number of nitrogens with zero attached hydrogens (tertiary/aromatic N) is 3. The maximum absolute atomic E-state index is 12.7. The quantitative estimate of drug-likeness (QED) is 0.698. The molecule has 0 saturated carbocycles. The highest BCUT2D eigenvalue weighted by Crippen LogP contribution is 2.16. The molecular weight excluding hydrogens is 324 g/mol. The molecule has 2 rings (SSSR count). The molecule has 1 amide bonds. The van der Waals surface area contributed by atoms with Gasteiger partial charge < -0.3 is 10.4 Å². The number of benzene rings is 1. The number of rotatable bonds is 8. The summed E-state index contributed by atoms with van der Waals surface area (Å²) < 4.78 is 1.12. The Morgan fingerprint density at radius 1 is 1.28 bits per heavy atom. The standard InChI is InChI=1S/C17H22N4O4/c1-11(2)10-14(16(24)18-9-5-8-15(22)23)21-17(25)12-6-3-4-7-13(12)19-20-21/h3-4,6-7,11,14H,5,8-10H2,1-2H3,(H,18,24)(H,22,23)/t14-/m1/s1. The zero-order chi connectivity index (χ0) is 18.4. The van der Waals surface area contributed by atoms with Gasteiger partial charge in [-0.1, -0.05) is 31.2 Å². The lowest BCUT2D eigenvalue weighted by Crippen LogP contribution is -2.40. The molecule has 1 heterocycles. The number of carbonyl (C=O) groups excluding carboxylic acids is 1. The molecule has 0 bridgehead atoms. The number of hydrogen-bond donors (Lipinski definition) is 2. The molecule has 25 heavy (non-hydrogen) atoms. The maximum Gasteiger partial charge on any atom is 0.303 e. The number of fused-ring (bicyclic) bond motifs is 1. The van der Waals surface area contributed by atoms with Crippen molar-refractivity contribution in [3.05, 3.63) is 34.6 Å². The summed E-state index contributed by atoms with van der Waals surface area (Å²) in [4.78, 5) is 35.7. The van der Waals surface area contributed by atoms with Crippen molar-refractivity contribution in [2.24, 2.45) is 5.92 Å². The van der Waals surface area contributed by atoms with Gasteiger partial charge in [-0.25, -0.2) is 0 Å². The van der Waals surface area contributed by atoms with Crippen molar-refractivity contribution < 1.29 is 14.7 Å². The van der Waals surface area contributed by atoms with Gasteiger partial charge in [0.25, 0.3) is 5.56 Å². The molecule has 1 aromatic heterocycles. The van der Waals surface area contributed by atoms with E-state index in [9.17, 15) is 14.4 Å². The third kappa shape index (κ3) is 4.85. The largest absolute Gasteiger partial charge is 0.481 e. The Bertz CT molecular complexity index is 816. The molecule has 134 valence electrons. The average molecular weight is 346 g/mol. The number of amides is 1. The summed E-state index contributed by atoms with van der Waals surface area (Å²) in [7, 11) is 0. The zero-order valence-electron chi connectivity index (χ0n) is 14.3. The predicted molar refractivity (Wildman–Crippen MR) is 92.2 cm³/mol. The van der Waals surface area contributed by atoms with Crippen molar-refractivity contribution in [1.82, 2.24) is 20.3 Å². The molecule has 0 radical (unpaired) electrons. The van der Waals surface area contributed by atoms with Gasteiger partial charge in [-0.3, -0.25) is 14.4 Å². The fourth-order valence-electron chi connectivity index (χ4n) is 2.54. The summed E-state index contributed by atoms with van der Waals surface area (Å²) in [6.45, 7) is 4.13. The van der Waals surface area contributed by atoms with Gasteiger partial charge in [0, 0.05) is 13.0 Å². The maximum atomic E-state index is 12.7. The minimum Gasteiger partial charge on any atom is -0.481 e. The number of aromatic nitrogens is 3. The molecule has 2 aromatic rings. The predicted octanol–water partition coefficient (Wildman–Crippen LogP) is 1.36. The number of carboxylic acid groups (broad SMARTS) is 1. The third-order valence-corrected chi connectivity index (χ3v) is 3.75. The molecule has 8 nitrogen and oxygen atoms in total. The van der Waals surface area contributed by atoms with Gasteiger partial charge in [0.1, 0.15) is 11.6 Å². The molecule has 0 unspecified atom stereocenters. The van der Waals surface area contributed by atoms with Crippen LogP contribution in [-0.2, 0) is 9.59 Å². The Morgan fingerprint density at radius 2 is 2.00 bits per heavy atom. The minimum absolute atomic E-state index is 0.0230. The van der Waals surface area contributed by atoms with Crippen molar-refractivity contribution in [3.63, 3.8) is 0 Å². The molecule has 0 aliphatic rings. The van der Waals surface area contributed by atoms with Crippen LogP contribution in [0.5, 0.6) is 0 Å². The van der Waals surface area contributed by atoms with Crippen LogP contribution in [0, 0.1) is 5.92 Å². The van der Waals surface area contributed by atoms with Gasteiger partial charge in [-0.15, -0.1) is 5.10 Å². The molecule has 0 spiro atoms. The first kappa shape index (κ1) is 18.6. The Morgan fingerprint density at radius 3 is 2.68 bits per heavy atom. The number of carbonyl (C=O) groups is 2.